The molecule has 0 saturated carbocycles. The molecule has 23 heavy (non-hydrogen) atoms. The fourth-order valence-corrected chi connectivity index (χ4v) is 6.36. The fraction of sp³-hybridized carbons (Fsp3) is 1.00. The molecule has 10 nitrogen and oxygen atoms in total. The van der Waals surface area contributed by atoms with Crippen molar-refractivity contribution in [2.24, 2.45) is 0 Å². The van der Waals surface area contributed by atoms with E-state index >= 15 is 0 Å². The number of hydrogen-bond acceptors (Lipinski definition) is 10. The summed E-state index contributed by atoms with van der Waals surface area (Å²) in [6.07, 6.45) is -10.7. The average molecular weight is 405 g/mol. The topological polar surface area (TPSA) is 180 Å². The molecule has 11 heteroatoms. The molecule has 0 bridgehead atoms. The molecule has 2 fully saturated rings. The number of aliphatic hydroxyl groups excluding tert-OH is 8. The molecule has 0 aromatic carbocycles. The number of hydrogen-bond donors (Lipinski definition) is 8. The quantitative estimate of drug-likeness (QED) is 0.200. The fourth-order valence-electron chi connectivity index (χ4n) is 2.68. The third-order valence-corrected chi connectivity index (χ3v) is 7.56. The summed E-state index contributed by atoms with van der Waals surface area (Å²) in [6.45, 7) is -1.29. The molecule has 0 amide bonds. The van der Waals surface area contributed by atoms with Gasteiger partial charge in [0.1, 0.15) is 0 Å². The Morgan fingerprint density at radius 1 is 0.739 bits per heavy atom. The van der Waals surface area contributed by atoms with E-state index in [4.69, 9.17) is 19.7 Å². The van der Waals surface area contributed by atoms with Gasteiger partial charge < -0.3 is 0 Å². The van der Waals surface area contributed by atoms with E-state index in [9.17, 15) is 30.6 Å². The molecule has 2 heterocycles. The number of ether oxygens (including phenoxy) is 2. The van der Waals surface area contributed by atoms with Crippen LogP contribution in [0.25, 0.3) is 0 Å². The first-order chi connectivity index (χ1) is 10.8. The third kappa shape index (κ3) is 3.87. The first kappa shape index (κ1) is 19.4. The Morgan fingerprint density at radius 3 is 1.39 bits per heavy atom. The van der Waals surface area contributed by atoms with E-state index in [0.29, 0.717) is 0 Å². The first-order valence-corrected chi connectivity index (χ1v) is 9.06. The molecule has 0 aromatic heterocycles. The molecule has 8 N–H and O–H groups in total. The van der Waals surface area contributed by atoms with Crippen molar-refractivity contribution < 1.29 is 50.3 Å². The normalized spacial score (nSPS) is 47.0. The van der Waals surface area contributed by atoms with Crippen LogP contribution in [0, 0.1) is 0 Å². The standard InChI is InChI=1S/C12H22O10Se/c13-1-3(15)7-9(5(17)11(19)21-7)23-10-6(18)12(20)22-8(10)4(16)2-14/h3-20H,1-2H2/t3-,4-,5-,6-,7-,8-,9-,10-,11?,12?/m1/s1. The Balaban J connectivity index is 2.16. The van der Waals surface area contributed by atoms with Crippen molar-refractivity contribution in [3.8, 4) is 0 Å². The Kier molecular flexibility index (Phi) is 6.76. The summed E-state index contributed by atoms with van der Waals surface area (Å²) < 4.78 is 10.1. The zero-order valence-corrected chi connectivity index (χ0v) is 13.7. The Labute approximate surface area is 138 Å². The van der Waals surface area contributed by atoms with Gasteiger partial charge in [0, 0.05) is 0 Å². The van der Waals surface area contributed by atoms with Crippen LogP contribution in [0.1, 0.15) is 0 Å². The van der Waals surface area contributed by atoms with Crippen LogP contribution in [-0.4, -0.2) is 118 Å². The summed E-state index contributed by atoms with van der Waals surface area (Å²) in [5.41, 5.74) is 0. The summed E-state index contributed by atoms with van der Waals surface area (Å²) in [4.78, 5) is -1.64. The Bertz CT molecular complexity index is 353. The molecule has 2 saturated heterocycles. The molecule has 136 valence electrons. The van der Waals surface area contributed by atoms with E-state index < -0.39 is 87.0 Å². The molecular formula is C12H22O10Se. The number of rotatable bonds is 6. The van der Waals surface area contributed by atoms with E-state index in [2.05, 4.69) is 0 Å². The summed E-state index contributed by atoms with van der Waals surface area (Å²) in [6, 6.07) is 0. The monoisotopic (exact) mass is 406 g/mol. The molecule has 2 aliphatic heterocycles. The van der Waals surface area contributed by atoms with Gasteiger partial charge in [-0.15, -0.1) is 0 Å². The zero-order chi connectivity index (χ0) is 17.3. The van der Waals surface area contributed by atoms with Crippen molar-refractivity contribution in [1.29, 1.82) is 0 Å². The van der Waals surface area contributed by atoms with Gasteiger partial charge in [-0.25, -0.2) is 0 Å². The minimum atomic E-state index is -1.56. The minimum absolute atomic E-state index is 0.647. The zero-order valence-electron chi connectivity index (χ0n) is 12.0. The first-order valence-electron chi connectivity index (χ1n) is 7.08. The van der Waals surface area contributed by atoms with E-state index in [0.717, 1.165) is 0 Å². The van der Waals surface area contributed by atoms with E-state index in [1.807, 2.05) is 0 Å². The second kappa shape index (κ2) is 8.00. The Morgan fingerprint density at radius 2 is 1.09 bits per heavy atom. The van der Waals surface area contributed by atoms with Gasteiger partial charge >= 0.3 is 137 Å². The van der Waals surface area contributed by atoms with Crippen LogP contribution in [0.4, 0.5) is 0 Å². The molecule has 0 radical (unpaired) electrons. The van der Waals surface area contributed by atoms with Crippen LogP contribution < -0.4 is 0 Å². The average Bonchev–Trinajstić information content (AvgIpc) is 2.98. The van der Waals surface area contributed by atoms with Gasteiger partial charge in [-0.3, -0.25) is 0 Å². The van der Waals surface area contributed by atoms with Gasteiger partial charge in [-0.05, 0) is 0 Å². The van der Waals surface area contributed by atoms with Crippen molar-refractivity contribution >= 4 is 15.0 Å². The SMILES string of the molecule is OC[C@@H](O)[C@H]1OC(O)[C@H](O)[C@H]1[Se][C@H]1[C@@H]([C@H](O)CO)OC(O)[C@@H]1O. The Hall–Kier alpha value is 0.119. The molecule has 2 aliphatic rings. The van der Waals surface area contributed by atoms with Gasteiger partial charge in [0.15, 0.2) is 0 Å². The van der Waals surface area contributed by atoms with Crippen LogP contribution in [-0.2, 0) is 9.47 Å². The van der Waals surface area contributed by atoms with Crippen molar-refractivity contribution in [2.45, 2.75) is 58.8 Å². The van der Waals surface area contributed by atoms with Crippen molar-refractivity contribution in [3.63, 3.8) is 0 Å². The molecule has 0 aromatic rings. The van der Waals surface area contributed by atoms with Crippen molar-refractivity contribution in [2.75, 3.05) is 13.2 Å². The van der Waals surface area contributed by atoms with Crippen molar-refractivity contribution in [3.05, 3.63) is 0 Å². The predicted octanol–water partition coefficient (Wildman–Crippen LogP) is -4.87. The predicted molar refractivity (Wildman–Crippen MR) is 73.2 cm³/mol. The summed E-state index contributed by atoms with van der Waals surface area (Å²) in [5.74, 6) is 0. The van der Waals surface area contributed by atoms with E-state index in [1.165, 1.54) is 0 Å². The van der Waals surface area contributed by atoms with Gasteiger partial charge in [-0.1, -0.05) is 0 Å². The maximum atomic E-state index is 10.0. The number of aliphatic hydroxyl groups is 8. The van der Waals surface area contributed by atoms with E-state index in [1.54, 1.807) is 0 Å². The van der Waals surface area contributed by atoms with Crippen LogP contribution in [0.15, 0.2) is 0 Å². The van der Waals surface area contributed by atoms with Crippen LogP contribution in [0.5, 0.6) is 0 Å². The van der Waals surface area contributed by atoms with Gasteiger partial charge in [0.25, 0.3) is 0 Å². The second-order valence-electron chi connectivity index (χ2n) is 5.53. The van der Waals surface area contributed by atoms with Crippen LogP contribution >= 0.6 is 0 Å². The molecular weight excluding hydrogens is 383 g/mol. The summed E-state index contributed by atoms with van der Waals surface area (Å²) in [5, 5.41) is 76.9. The van der Waals surface area contributed by atoms with E-state index in [-0.39, 0.29) is 0 Å². The van der Waals surface area contributed by atoms with Gasteiger partial charge in [0.05, 0.1) is 0 Å². The van der Waals surface area contributed by atoms with Crippen molar-refractivity contribution in [1.82, 2.24) is 0 Å². The third-order valence-electron chi connectivity index (χ3n) is 3.95. The summed E-state index contributed by atoms with van der Waals surface area (Å²) in [7, 11) is 0. The van der Waals surface area contributed by atoms with Crippen LogP contribution in [0.3, 0.4) is 0 Å². The molecule has 10 atom stereocenters. The molecule has 0 spiro atoms. The van der Waals surface area contributed by atoms with Gasteiger partial charge in [-0.2, -0.15) is 0 Å². The summed E-state index contributed by atoms with van der Waals surface area (Å²) >= 11 is -0.768. The molecule has 2 unspecified atom stereocenters. The molecule has 2 rings (SSSR count). The molecule has 0 aliphatic carbocycles. The van der Waals surface area contributed by atoms with Crippen LogP contribution in [0.2, 0.25) is 9.63 Å². The second-order valence-corrected chi connectivity index (χ2v) is 8.38. The van der Waals surface area contributed by atoms with Gasteiger partial charge in [0.2, 0.25) is 0 Å². The maximum absolute atomic E-state index is 10.0.